The summed E-state index contributed by atoms with van der Waals surface area (Å²) in [7, 11) is -3.52. The Hall–Kier alpha value is -2.65. The highest BCUT2D eigenvalue weighted by molar-refractivity contribution is 7.92. The molecular weight excluding hydrogens is 413 g/mol. The number of benzene rings is 1. The Labute approximate surface area is 171 Å². The summed E-state index contributed by atoms with van der Waals surface area (Å²) in [4.78, 5) is 22.6. The van der Waals surface area contributed by atoms with E-state index in [0.717, 1.165) is 10.6 Å². The van der Waals surface area contributed by atoms with Crippen LogP contribution in [-0.4, -0.2) is 47.5 Å². The zero-order chi connectivity index (χ0) is 20.3. The molecule has 2 atom stereocenters. The summed E-state index contributed by atoms with van der Waals surface area (Å²) in [6.45, 7) is 2.31. The monoisotopic (exact) mass is 429 g/mol. The number of carbonyl (C=O) groups is 1. The van der Waals surface area contributed by atoms with Gasteiger partial charge in [0.25, 0.3) is 5.91 Å². The molecular formula is C20H16FN3O3S2. The van der Waals surface area contributed by atoms with Crippen molar-refractivity contribution in [2.45, 2.75) is 23.0 Å². The number of nitrogens with zero attached hydrogens (tertiary/aromatic N) is 3. The maximum absolute atomic E-state index is 13.1. The second kappa shape index (κ2) is 6.43. The van der Waals surface area contributed by atoms with Crippen LogP contribution in [0.4, 0.5) is 4.39 Å². The molecule has 1 aromatic carbocycles. The zero-order valence-corrected chi connectivity index (χ0v) is 17.0. The van der Waals surface area contributed by atoms with Gasteiger partial charge in [-0.05, 0) is 42.3 Å². The molecule has 2 aliphatic heterocycles. The predicted octanol–water partition coefficient (Wildman–Crippen LogP) is 3.05. The highest BCUT2D eigenvalue weighted by atomic mass is 32.2. The Morgan fingerprint density at radius 1 is 1.21 bits per heavy atom. The number of fused-ring (bicyclic) bond motifs is 3. The molecule has 0 spiro atoms. The molecule has 1 saturated heterocycles. The van der Waals surface area contributed by atoms with Gasteiger partial charge in [0.2, 0.25) is 5.95 Å². The zero-order valence-electron chi connectivity index (χ0n) is 15.4. The van der Waals surface area contributed by atoms with Crippen LogP contribution in [0.25, 0.3) is 11.1 Å². The number of hydrogen-bond donors (Lipinski definition) is 0. The van der Waals surface area contributed by atoms with Gasteiger partial charge in [-0.3, -0.25) is 4.79 Å². The minimum Gasteiger partial charge on any atom is -0.335 e. The number of amides is 1. The van der Waals surface area contributed by atoms with Crippen molar-refractivity contribution in [3.63, 3.8) is 0 Å². The number of pyridine rings is 1. The van der Waals surface area contributed by atoms with Gasteiger partial charge in [-0.2, -0.15) is 4.39 Å². The minimum absolute atomic E-state index is 0.157. The Bertz CT molecular complexity index is 1240. The lowest BCUT2D eigenvalue weighted by atomic mass is 9.95. The van der Waals surface area contributed by atoms with Crippen LogP contribution in [0.15, 0.2) is 46.8 Å². The third-order valence-electron chi connectivity index (χ3n) is 5.57. The Morgan fingerprint density at radius 3 is 2.69 bits per heavy atom. The summed E-state index contributed by atoms with van der Waals surface area (Å²) >= 11 is 1.39. The van der Waals surface area contributed by atoms with Crippen LogP contribution in [0, 0.1) is 12.9 Å². The smallest absolute Gasteiger partial charge is 0.273 e. The van der Waals surface area contributed by atoms with Gasteiger partial charge in [0.05, 0.1) is 15.2 Å². The van der Waals surface area contributed by atoms with Gasteiger partial charge < -0.3 is 4.90 Å². The van der Waals surface area contributed by atoms with Crippen LogP contribution in [0.1, 0.15) is 27.0 Å². The van der Waals surface area contributed by atoms with Gasteiger partial charge in [-0.15, -0.1) is 11.3 Å². The molecule has 29 heavy (non-hydrogen) atoms. The SMILES string of the molecule is Cc1nc(C(=O)N2C[C@@H]3[C@@H](C2)c2cc(-c4ccc(F)nc4)ccc2S3(=O)=O)cs1. The molecule has 0 aliphatic carbocycles. The molecule has 2 aliphatic rings. The Morgan fingerprint density at radius 2 is 2.00 bits per heavy atom. The van der Waals surface area contributed by atoms with E-state index >= 15 is 0 Å². The third kappa shape index (κ3) is 2.87. The molecule has 6 nitrogen and oxygen atoms in total. The summed E-state index contributed by atoms with van der Waals surface area (Å²) in [5.41, 5.74) is 2.55. The fourth-order valence-corrected chi connectivity index (χ4v) is 6.91. The molecule has 0 radical (unpaired) electrons. The van der Waals surface area contributed by atoms with Crippen LogP contribution >= 0.6 is 11.3 Å². The van der Waals surface area contributed by atoms with Crippen LogP contribution in [-0.2, 0) is 9.84 Å². The summed E-state index contributed by atoms with van der Waals surface area (Å²) in [5.74, 6) is -1.09. The van der Waals surface area contributed by atoms with Gasteiger partial charge in [-0.25, -0.2) is 18.4 Å². The Balaban J connectivity index is 1.51. The number of halogens is 1. The van der Waals surface area contributed by atoms with E-state index in [1.54, 1.807) is 28.5 Å². The normalized spacial score (nSPS) is 21.8. The number of carbonyl (C=O) groups excluding carboxylic acids is 1. The van der Waals surface area contributed by atoms with E-state index in [-0.39, 0.29) is 18.4 Å². The molecule has 2 aromatic heterocycles. The Kier molecular flexibility index (Phi) is 4.08. The molecule has 3 aromatic rings. The van der Waals surface area contributed by atoms with Crippen molar-refractivity contribution in [3.8, 4) is 11.1 Å². The van der Waals surface area contributed by atoms with Crippen LogP contribution < -0.4 is 0 Å². The highest BCUT2D eigenvalue weighted by Crippen LogP contribution is 2.46. The number of hydrogen-bond acceptors (Lipinski definition) is 6. The lowest BCUT2D eigenvalue weighted by Gasteiger charge is -2.17. The molecule has 5 rings (SSSR count). The van der Waals surface area contributed by atoms with Gasteiger partial charge in [0.15, 0.2) is 9.84 Å². The molecule has 0 unspecified atom stereocenters. The highest BCUT2D eigenvalue weighted by Gasteiger charge is 2.51. The van der Waals surface area contributed by atoms with Crippen LogP contribution in [0.3, 0.4) is 0 Å². The van der Waals surface area contributed by atoms with Gasteiger partial charge in [0.1, 0.15) is 5.69 Å². The van der Waals surface area contributed by atoms with E-state index in [4.69, 9.17) is 0 Å². The predicted molar refractivity (Wildman–Crippen MR) is 106 cm³/mol. The van der Waals surface area contributed by atoms with Crippen LogP contribution in [0.2, 0.25) is 0 Å². The lowest BCUT2D eigenvalue weighted by Crippen LogP contribution is -2.31. The van der Waals surface area contributed by atoms with Gasteiger partial charge in [0, 0.05) is 36.1 Å². The first-order valence-electron chi connectivity index (χ1n) is 9.06. The number of aromatic nitrogens is 2. The van der Waals surface area contributed by atoms with Gasteiger partial charge in [-0.1, -0.05) is 6.07 Å². The molecule has 4 heterocycles. The average Bonchev–Trinajstić information content (AvgIpc) is 3.38. The van der Waals surface area contributed by atoms with E-state index in [9.17, 15) is 17.6 Å². The van der Waals surface area contributed by atoms with Crippen molar-refractivity contribution >= 4 is 27.1 Å². The second-order valence-electron chi connectivity index (χ2n) is 7.27. The number of aryl methyl sites for hydroxylation is 1. The fraction of sp³-hybridized carbons (Fsp3) is 0.250. The second-order valence-corrected chi connectivity index (χ2v) is 10.5. The fourth-order valence-electron chi connectivity index (χ4n) is 4.16. The molecule has 0 saturated carbocycles. The number of sulfone groups is 1. The van der Waals surface area contributed by atoms with E-state index in [2.05, 4.69) is 9.97 Å². The van der Waals surface area contributed by atoms with E-state index in [1.807, 2.05) is 13.0 Å². The first-order chi connectivity index (χ1) is 13.8. The van der Waals surface area contributed by atoms with E-state index < -0.39 is 21.0 Å². The molecule has 0 bridgehead atoms. The molecule has 9 heteroatoms. The third-order valence-corrected chi connectivity index (χ3v) is 8.60. The van der Waals surface area contributed by atoms with Crippen molar-refractivity contribution in [2.75, 3.05) is 13.1 Å². The summed E-state index contributed by atoms with van der Waals surface area (Å²) in [5, 5.41) is 1.85. The van der Waals surface area contributed by atoms with Crippen molar-refractivity contribution in [1.29, 1.82) is 0 Å². The number of rotatable bonds is 2. The quantitative estimate of drug-likeness (QED) is 0.585. The first-order valence-corrected chi connectivity index (χ1v) is 11.5. The number of thiazole rings is 1. The van der Waals surface area contributed by atoms with Crippen molar-refractivity contribution in [2.24, 2.45) is 0 Å². The standard InChI is InChI=1S/C20H16FN3O3S2/c1-11-23-16(10-28-11)20(25)24-8-15-14-6-12(13-3-5-19(21)22-7-13)2-4-17(14)29(26,27)18(15)9-24/h2-7,10,15,18H,8-9H2,1H3/t15-,18+/m0/s1. The largest absolute Gasteiger partial charge is 0.335 e. The average molecular weight is 429 g/mol. The lowest BCUT2D eigenvalue weighted by molar-refractivity contribution is 0.0785. The van der Waals surface area contributed by atoms with Crippen molar-refractivity contribution in [3.05, 3.63) is 64.1 Å². The minimum atomic E-state index is -3.52. The first kappa shape index (κ1) is 18.4. The van der Waals surface area contributed by atoms with Gasteiger partial charge >= 0.3 is 0 Å². The van der Waals surface area contributed by atoms with Crippen LogP contribution in [0.5, 0.6) is 0 Å². The number of likely N-dealkylation sites (tertiary alicyclic amines) is 1. The maximum atomic E-state index is 13.1. The summed E-state index contributed by atoms with van der Waals surface area (Å²) < 4.78 is 39.2. The topological polar surface area (TPSA) is 80.2 Å². The van der Waals surface area contributed by atoms with Crippen molar-refractivity contribution in [1.82, 2.24) is 14.9 Å². The molecule has 0 N–H and O–H groups in total. The van der Waals surface area contributed by atoms with Crippen molar-refractivity contribution < 1.29 is 17.6 Å². The summed E-state index contributed by atoms with van der Waals surface area (Å²) in [6.07, 6.45) is 1.42. The molecule has 148 valence electrons. The molecule has 1 amide bonds. The van der Waals surface area contributed by atoms with E-state index in [1.165, 1.54) is 23.6 Å². The molecule has 1 fully saturated rings. The van der Waals surface area contributed by atoms with E-state index in [0.29, 0.717) is 28.3 Å². The maximum Gasteiger partial charge on any atom is 0.273 e. The summed E-state index contributed by atoms with van der Waals surface area (Å²) in [6, 6.07) is 8.03.